The van der Waals surface area contributed by atoms with Gasteiger partial charge in [0, 0.05) is 18.1 Å². The zero-order valence-corrected chi connectivity index (χ0v) is 18.0. The Morgan fingerprint density at radius 1 is 1.00 bits per heavy atom. The molecule has 162 valence electrons. The number of hydrogen-bond acceptors (Lipinski definition) is 8. The van der Waals surface area contributed by atoms with Gasteiger partial charge < -0.3 is 5.32 Å². The predicted molar refractivity (Wildman–Crippen MR) is 120 cm³/mol. The molecule has 3 aromatic rings. The van der Waals surface area contributed by atoms with Crippen LogP contribution in [0.25, 0.3) is 0 Å². The number of aromatic nitrogens is 2. The SMILES string of the molecule is Cc1ccc(NC(=O)/C(C#N)=N/Nc2ccc(S(=O)(=O)Nc3ncccn3)cc2)cc1C. The van der Waals surface area contributed by atoms with Gasteiger partial charge in [-0.2, -0.15) is 10.4 Å². The van der Waals surface area contributed by atoms with Crippen LogP contribution in [0.15, 0.2) is 70.9 Å². The summed E-state index contributed by atoms with van der Waals surface area (Å²) in [5.41, 5.74) is 5.20. The molecule has 1 heterocycles. The maximum Gasteiger partial charge on any atom is 0.287 e. The smallest absolute Gasteiger partial charge is 0.287 e. The number of nitrogens with one attached hydrogen (secondary N) is 3. The van der Waals surface area contributed by atoms with Gasteiger partial charge in [0.25, 0.3) is 15.9 Å². The van der Waals surface area contributed by atoms with Crippen molar-refractivity contribution in [2.75, 3.05) is 15.5 Å². The van der Waals surface area contributed by atoms with Gasteiger partial charge in [-0.3, -0.25) is 10.2 Å². The Kier molecular flexibility index (Phi) is 6.77. The molecule has 0 unspecified atom stereocenters. The van der Waals surface area contributed by atoms with Crippen LogP contribution in [0.5, 0.6) is 0 Å². The van der Waals surface area contributed by atoms with Gasteiger partial charge in [0.15, 0.2) is 0 Å². The maximum absolute atomic E-state index is 12.4. The van der Waals surface area contributed by atoms with E-state index in [2.05, 4.69) is 30.5 Å². The van der Waals surface area contributed by atoms with E-state index in [0.717, 1.165) is 11.1 Å². The minimum Gasteiger partial charge on any atom is -0.320 e. The molecule has 0 atom stereocenters. The normalized spacial score (nSPS) is 11.3. The summed E-state index contributed by atoms with van der Waals surface area (Å²) in [6, 6.07) is 14.3. The summed E-state index contributed by atoms with van der Waals surface area (Å²) in [4.78, 5) is 19.9. The Hall–Kier alpha value is -4.30. The summed E-state index contributed by atoms with van der Waals surface area (Å²) in [7, 11) is -3.88. The van der Waals surface area contributed by atoms with Crippen LogP contribution in [0.4, 0.5) is 17.3 Å². The lowest BCUT2D eigenvalue weighted by Crippen LogP contribution is -2.22. The quantitative estimate of drug-likeness (QED) is 0.371. The highest BCUT2D eigenvalue weighted by molar-refractivity contribution is 7.92. The molecular formula is C21H19N7O3S. The van der Waals surface area contributed by atoms with E-state index >= 15 is 0 Å². The molecule has 0 saturated heterocycles. The van der Waals surface area contributed by atoms with E-state index in [0.29, 0.717) is 11.4 Å². The molecule has 0 radical (unpaired) electrons. The number of hydrogen-bond donors (Lipinski definition) is 3. The molecule has 1 amide bonds. The van der Waals surface area contributed by atoms with Gasteiger partial charge in [0.05, 0.1) is 10.6 Å². The van der Waals surface area contributed by atoms with Gasteiger partial charge in [0.1, 0.15) is 6.07 Å². The van der Waals surface area contributed by atoms with Crippen molar-refractivity contribution >= 4 is 39.0 Å². The number of benzene rings is 2. The molecule has 0 spiro atoms. The van der Waals surface area contributed by atoms with Crippen LogP contribution in [0.2, 0.25) is 0 Å². The summed E-state index contributed by atoms with van der Waals surface area (Å²) < 4.78 is 27.1. The van der Waals surface area contributed by atoms with Crippen LogP contribution in [0.3, 0.4) is 0 Å². The molecule has 0 aliphatic heterocycles. The number of sulfonamides is 1. The zero-order valence-electron chi connectivity index (χ0n) is 17.2. The second-order valence-electron chi connectivity index (χ2n) is 6.64. The third-order valence-corrected chi connectivity index (χ3v) is 5.68. The number of hydrazone groups is 1. The van der Waals surface area contributed by atoms with Crippen LogP contribution in [-0.2, 0) is 14.8 Å². The molecule has 0 saturated carbocycles. The Balaban J connectivity index is 1.67. The fraction of sp³-hybridized carbons (Fsp3) is 0.0952. The number of carbonyl (C=O) groups excluding carboxylic acids is 1. The van der Waals surface area contributed by atoms with Crippen molar-refractivity contribution in [2.24, 2.45) is 5.10 Å². The van der Waals surface area contributed by atoms with Gasteiger partial charge >= 0.3 is 0 Å². The Morgan fingerprint density at radius 3 is 2.28 bits per heavy atom. The van der Waals surface area contributed by atoms with Gasteiger partial charge in [-0.25, -0.2) is 23.1 Å². The summed E-state index contributed by atoms with van der Waals surface area (Å²) in [6.45, 7) is 3.87. The number of anilines is 3. The first-order valence-corrected chi connectivity index (χ1v) is 10.8. The predicted octanol–water partition coefficient (Wildman–Crippen LogP) is 2.82. The largest absolute Gasteiger partial charge is 0.320 e. The fourth-order valence-corrected chi connectivity index (χ4v) is 3.45. The Bertz CT molecular complexity index is 1300. The number of carbonyl (C=O) groups is 1. The average molecular weight is 449 g/mol. The van der Waals surface area contributed by atoms with Crippen molar-refractivity contribution in [3.63, 3.8) is 0 Å². The number of aryl methyl sites for hydroxylation is 2. The minimum atomic E-state index is -3.88. The van der Waals surface area contributed by atoms with E-state index in [9.17, 15) is 18.5 Å². The van der Waals surface area contributed by atoms with Gasteiger partial charge in [-0.1, -0.05) is 6.07 Å². The second-order valence-corrected chi connectivity index (χ2v) is 8.32. The fourth-order valence-electron chi connectivity index (χ4n) is 2.50. The summed E-state index contributed by atoms with van der Waals surface area (Å²) in [5, 5.41) is 15.7. The van der Waals surface area contributed by atoms with Crippen molar-refractivity contribution in [1.29, 1.82) is 5.26 Å². The third kappa shape index (κ3) is 5.65. The number of amides is 1. The molecule has 3 N–H and O–H groups in total. The van der Waals surface area contributed by atoms with Crippen LogP contribution >= 0.6 is 0 Å². The van der Waals surface area contributed by atoms with E-state index in [1.54, 1.807) is 24.3 Å². The average Bonchev–Trinajstić information content (AvgIpc) is 2.77. The summed E-state index contributed by atoms with van der Waals surface area (Å²) in [6.07, 6.45) is 2.83. The lowest BCUT2D eigenvalue weighted by atomic mass is 10.1. The molecular weight excluding hydrogens is 430 g/mol. The number of nitriles is 1. The molecule has 0 aliphatic carbocycles. The Morgan fingerprint density at radius 2 is 1.66 bits per heavy atom. The zero-order chi connectivity index (χ0) is 23.1. The topological polar surface area (TPSA) is 149 Å². The molecule has 3 rings (SSSR count). The lowest BCUT2D eigenvalue weighted by Gasteiger charge is -2.08. The highest BCUT2D eigenvalue weighted by atomic mass is 32.2. The summed E-state index contributed by atoms with van der Waals surface area (Å²) in [5.74, 6) is -0.720. The molecule has 0 aliphatic rings. The van der Waals surface area contributed by atoms with E-state index < -0.39 is 15.9 Å². The number of nitrogens with zero attached hydrogens (tertiary/aromatic N) is 4. The van der Waals surface area contributed by atoms with E-state index in [-0.39, 0.29) is 16.6 Å². The second kappa shape index (κ2) is 9.67. The molecule has 10 nitrogen and oxygen atoms in total. The molecule has 2 aromatic carbocycles. The van der Waals surface area contributed by atoms with Crippen molar-refractivity contribution in [2.45, 2.75) is 18.7 Å². The molecule has 0 fully saturated rings. The minimum absolute atomic E-state index is 0.0209. The first-order valence-electron chi connectivity index (χ1n) is 9.31. The van der Waals surface area contributed by atoms with Gasteiger partial charge in [-0.05, 0) is 67.4 Å². The highest BCUT2D eigenvalue weighted by Crippen LogP contribution is 2.17. The highest BCUT2D eigenvalue weighted by Gasteiger charge is 2.16. The monoisotopic (exact) mass is 449 g/mol. The van der Waals surface area contributed by atoms with Crippen LogP contribution in [-0.4, -0.2) is 30.0 Å². The van der Waals surface area contributed by atoms with Crippen LogP contribution in [0, 0.1) is 25.2 Å². The lowest BCUT2D eigenvalue weighted by molar-refractivity contribution is -0.110. The van der Waals surface area contributed by atoms with E-state index in [1.165, 1.54) is 36.7 Å². The maximum atomic E-state index is 12.4. The number of rotatable bonds is 7. The van der Waals surface area contributed by atoms with Crippen LogP contribution in [0.1, 0.15) is 11.1 Å². The van der Waals surface area contributed by atoms with E-state index in [4.69, 9.17) is 0 Å². The van der Waals surface area contributed by atoms with Crippen LogP contribution < -0.4 is 15.5 Å². The molecule has 11 heteroatoms. The third-order valence-electron chi connectivity index (χ3n) is 4.34. The molecule has 0 bridgehead atoms. The first-order chi connectivity index (χ1) is 15.3. The standard InChI is InChI=1S/C21H19N7O3S/c1-14-4-5-17(12-15(14)2)25-20(29)19(13-22)27-26-16-6-8-18(9-7-16)32(30,31)28-21-23-10-3-11-24-21/h3-12,26H,1-2H3,(H,25,29)(H,23,24,28)/b27-19+. The van der Waals surface area contributed by atoms with E-state index in [1.807, 2.05) is 19.9 Å². The van der Waals surface area contributed by atoms with Crippen molar-refractivity contribution in [3.05, 3.63) is 72.1 Å². The molecule has 1 aromatic heterocycles. The van der Waals surface area contributed by atoms with Crippen molar-refractivity contribution in [3.8, 4) is 6.07 Å². The Labute approximate surface area is 185 Å². The molecule has 32 heavy (non-hydrogen) atoms. The van der Waals surface area contributed by atoms with Gasteiger partial charge in [-0.15, -0.1) is 0 Å². The van der Waals surface area contributed by atoms with Crippen molar-refractivity contribution < 1.29 is 13.2 Å². The summed E-state index contributed by atoms with van der Waals surface area (Å²) >= 11 is 0. The first kappa shape index (κ1) is 22.4. The van der Waals surface area contributed by atoms with Gasteiger partial charge in [0.2, 0.25) is 11.7 Å². The van der Waals surface area contributed by atoms with Crippen molar-refractivity contribution in [1.82, 2.24) is 9.97 Å².